The normalized spacial score (nSPS) is 11.7. The van der Waals surface area contributed by atoms with Crippen molar-refractivity contribution in [2.24, 2.45) is 0 Å². The van der Waals surface area contributed by atoms with Gasteiger partial charge in [-0.05, 0) is 36.6 Å². The summed E-state index contributed by atoms with van der Waals surface area (Å²) in [6.45, 7) is 0.240. The molecule has 0 aromatic heterocycles. The molecule has 3 rings (SSSR count). The Labute approximate surface area is 191 Å². The molecule has 0 fully saturated rings. The molecule has 1 amide bonds. The standard InChI is InChI=1S/C26H25F3NO2P/c1-3-30(4-2)25(32)23(24(31)26(27,28)29)33(20-14-8-5-9-15-20,21-16-10-6-11-17-21)22-18-12-7-13-19-22/h5-19H,3-4H2,1-2H3. The lowest BCUT2D eigenvalue weighted by atomic mass is 10.2. The molecule has 3 aromatic rings. The van der Waals surface area contributed by atoms with E-state index >= 15 is 0 Å². The topological polar surface area (TPSA) is 37.4 Å². The van der Waals surface area contributed by atoms with Gasteiger partial charge in [0.25, 0.3) is 11.7 Å². The Morgan fingerprint density at radius 2 is 1.03 bits per heavy atom. The Hall–Kier alpha value is -3.11. The van der Waals surface area contributed by atoms with Crippen LogP contribution in [0.25, 0.3) is 0 Å². The average molecular weight is 471 g/mol. The first kappa shape index (κ1) is 24.5. The van der Waals surface area contributed by atoms with Crippen molar-refractivity contribution in [2.45, 2.75) is 20.0 Å². The summed E-state index contributed by atoms with van der Waals surface area (Å²) in [5.74, 6) is -2.98. The van der Waals surface area contributed by atoms with E-state index in [0.717, 1.165) is 0 Å². The highest BCUT2D eigenvalue weighted by Crippen LogP contribution is 2.47. The van der Waals surface area contributed by atoms with E-state index in [1.54, 1.807) is 105 Å². The maximum atomic E-state index is 14.1. The van der Waals surface area contributed by atoms with E-state index in [1.165, 1.54) is 4.90 Å². The fourth-order valence-electron chi connectivity index (χ4n) is 3.98. The van der Waals surface area contributed by atoms with Gasteiger partial charge < -0.3 is 4.90 Å². The maximum absolute atomic E-state index is 14.1. The lowest BCUT2D eigenvalue weighted by molar-refractivity contribution is -0.163. The van der Waals surface area contributed by atoms with Crippen LogP contribution >= 0.6 is 6.89 Å². The van der Waals surface area contributed by atoms with Crippen molar-refractivity contribution in [3.63, 3.8) is 0 Å². The Morgan fingerprint density at radius 1 is 0.697 bits per heavy atom. The molecule has 0 N–H and O–H groups in total. The van der Waals surface area contributed by atoms with Gasteiger partial charge in [0.15, 0.2) is 0 Å². The number of amides is 1. The molecular weight excluding hydrogens is 446 g/mol. The third-order valence-corrected chi connectivity index (χ3v) is 9.78. The number of carbonyl (C=O) groups is 2. The number of alkyl halides is 3. The minimum Gasteiger partial charge on any atom is -0.339 e. The molecule has 3 aromatic carbocycles. The van der Waals surface area contributed by atoms with Crippen molar-refractivity contribution < 1.29 is 22.8 Å². The second kappa shape index (κ2) is 10.2. The van der Waals surface area contributed by atoms with Crippen LogP contribution in [-0.4, -0.2) is 41.1 Å². The molecule has 172 valence electrons. The van der Waals surface area contributed by atoms with Crippen LogP contribution in [-0.2, 0) is 9.59 Å². The monoisotopic (exact) mass is 471 g/mol. The third kappa shape index (κ3) is 4.67. The highest BCUT2D eigenvalue weighted by Gasteiger charge is 2.49. The molecule has 3 nitrogen and oxygen atoms in total. The smallest absolute Gasteiger partial charge is 0.339 e. The number of benzene rings is 3. The van der Waals surface area contributed by atoms with E-state index < -0.39 is 30.0 Å². The van der Waals surface area contributed by atoms with Crippen LogP contribution in [0.1, 0.15) is 13.8 Å². The number of ketones is 1. The quantitative estimate of drug-likeness (QED) is 0.384. The average Bonchev–Trinajstić information content (AvgIpc) is 2.84. The van der Waals surface area contributed by atoms with Crippen LogP contribution in [0, 0.1) is 0 Å². The van der Waals surface area contributed by atoms with Gasteiger partial charge in [0.05, 0.1) is 0 Å². The van der Waals surface area contributed by atoms with Crippen molar-refractivity contribution in [1.82, 2.24) is 4.90 Å². The molecule has 0 spiro atoms. The van der Waals surface area contributed by atoms with E-state index in [9.17, 15) is 22.8 Å². The number of hydrogen-bond donors (Lipinski definition) is 0. The molecule has 0 aliphatic carbocycles. The zero-order valence-electron chi connectivity index (χ0n) is 18.4. The number of nitrogens with zero attached hydrogens (tertiary/aromatic N) is 1. The Balaban J connectivity index is 2.68. The van der Waals surface area contributed by atoms with Crippen LogP contribution in [0.15, 0.2) is 91.0 Å². The maximum Gasteiger partial charge on any atom is 0.455 e. The Kier molecular flexibility index (Phi) is 7.60. The number of halogens is 3. The van der Waals surface area contributed by atoms with Gasteiger partial charge in [-0.2, -0.15) is 13.2 Å². The summed E-state index contributed by atoms with van der Waals surface area (Å²) in [5, 5.41) is 0.809. The summed E-state index contributed by atoms with van der Waals surface area (Å²) in [5.41, 5.74) is 0. The molecule has 0 heterocycles. The number of rotatable bonds is 7. The zero-order valence-corrected chi connectivity index (χ0v) is 19.3. The van der Waals surface area contributed by atoms with Crippen molar-refractivity contribution in [1.29, 1.82) is 0 Å². The van der Waals surface area contributed by atoms with Crippen LogP contribution in [0.2, 0.25) is 0 Å². The van der Waals surface area contributed by atoms with Gasteiger partial charge in [-0.25, -0.2) is 0 Å². The fourth-order valence-corrected chi connectivity index (χ4v) is 8.36. The van der Waals surface area contributed by atoms with Crippen LogP contribution < -0.4 is 15.9 Å². The first-order chi connectivity index (χ1) is 15.8. The van der Waals surface area contributed by atoms with E-state index in [1.807, 2.05) is 0 Å². The summed E-state index contributed by atoms with van der Waals surface area (Å²) in [6, 6.07) is 25.8. The highest BCUT2D eigenvalue weighted by molar-refractivity contribution is 7.97. The Bertz CT molecular complexity index is 1050. The molecule has 0 bridgehead atoms. The highest BCUT2D eigenvalue weighted by atomic mass is 31.2. The molecule has 0 unspecified atom stereocenters. The summed E-state index contributed by atoms with van der Waals surface area (Å²) in [6.07, 6.45) is -5.21. The minimum absolute atomic E-state index is 0.183. The van der Waals surface area contributed by atoms with E-state index in [4.69, 9.17) is 0 Å². The minimum atomic E-state index is -5.21. The Morgan fingerprint density at radius 3 is 1.30 bits per heavy atom. The first-order valence-corrected chi connectivity index (χ1v) is 12.4. The number of hydrogen-bond acceptors (Lipinski definition) is 2. The lowest BCUT2D eigenvalue weighted by Gasteiger charge is -2.33. The molecule has 0 radical (unpaired) electrons. The lowest BCUT2D eigenvalue weighted by Crippen LogP contribution is -2.48. The molecule has 0 atom stereocenters. The molecular formula is C26H25F3NO2P. The molecule has 33 heavy (non-hydrogen) atoms. The number of Topliss-reactive ketones (excluding diaryl/α,β-unsaturated/α-hetero) is 1. The molecule has 0 aliphatic rings. The van der Waals surface area contributed by atoms with Gasteiger partial charge in [-0.15, -0.1) is 0 Å². The van der Waals surface area contributed by atoms with Crippen molar-refractivity contribution in [2.75, 3.05) is 13.1 Å². The predicted octanol–water partition coefficient (Wildman–Crippen LogP) is 4.15. The van der Waals surface area contributed by atoms with Crippen LogP contribution in [0.5, 0.6) is 0 Å². The zero-order chi connectivity index (χ0) is 24.1. The van der Waals surface area contributed by atoms with Gasteiger partial charge >= 0.3 is 6.18 Å². The van der Waals surface area contributed by atoms with Crippen molar-refractivity contribution in [3.8, 4) is 0 Å². The molecule has 7 heteroatoms. The summed E-state index contributed by atoms with van der Waals surface area (Å²) in [7, 11) is 0. The van der Waals surface area contributed by atoms with Crippen molar-refractivity contribution >= 4 is 39.8 Å². The van der Waals surface area contributed by atoms with Crippen LogP contribution in [0.4, 0.5) is 13.2 Å². The second-order valence-electron chi connectivity index (χ2n) is 7.33. The van der Waals surface area contributed by atoms with Gasteiger partial charge in [-0.1, -0.05) is 91.0 Å². The van der Waals surface area contributed by atoms with Crippen LogP contribution in [0.3, 0.4) is 0 Å². The SMILES string of the molecule is CCN(CC)C(=O)C(C(=O)C(F)(F)F)=P(c1ccccc1)(c1ccccc1)c1ccccc1. The van der Waals surface area contributed by atoms with Gasteiger partial charge in [-0.3, -0.25) is 9.59 Å². The first-order valence-electron chi connectivity index (χ1n) is 10.6. The second-order valence-corrected chi connectivity index (χ2v) is 10.7. The summed E-state index contributed by atoms with van der Waals surface area (Å²) >= 11 is 0. The van der Waals surface area contributed by atoms with E-state index in [2.05, 4.69) is 0 Å². The summed E-state index contributed by atoms with van der Waals surface area (Å²) in [4.78, 5) is 28.2. The number of carbonyl (C=O) groups excluding carboxylic acids is 2. The van der Waals surface area contributed by atoms with E-state index in [-0.39, 0.29) is 13.1 Å². The van der Waals surface area contributed by atoms with Gasteiger partial charge in [0.1, 0.15) is 5.29 Å². The fraction of sp³-hybridized carbons (Fsp3) is 0.192. The summed E-state index contributed by atoms with van der Waals surface area (Å²) < 4.78 is 42.3. The van der Waals surface area contributed by atoms with Gasteiger partial charge in [0, 0.05) is 13.1 Å². The predicted molar refractivity (Wildman–Crippen MR) is 129 cm³/mol. The van der Waals surface area contributed by atoms with E-state index in [0.29, 0.717) is 15.9 Å². The van der Waals surface area contributed by atoms with Crippen molar-refractivity contribution in [3.05, 3.63) is 91.0 Å². The molecule has 0 aliphatic heterocycles. The molecule has 0 saturated carbocycles. The van der Waals surface area contributed by atoms with Gasteiger partial charge in [0.2, 0.25) is 0 Å². The molecule has 0 saturated heterocycles. The third-order valence-electron chi connectivity index (χ3n) is 5.49. The largest absolute Gasteiger partial charge is 0.455 e.